The van der Waals surface area contributed by atoms with Crippen molar-refractivity contribution in [3.63, 3.8) is 0 Å². The smallest absolute Gasteiger partial charge is 0.0556 e. The van der Waals surface area contributed by atoms with Gasteiger partial charge in [-0.15, -0.1) is 11.3 Å². The zero-order valence-electron chi connectivity index (χ0n) is 24.3. The normalized spacial score (nSPS) is 12.0. The van der Waals surface area contributed by atoms with Gasteiger partial charge in [0.2, 0.25) is 0 Å². The van der Waals surface area contributed by atoms with Crippen LogP contribution in [0.5, 0.6) is 0 Å². The summed E-state index contributed by atoms with van der Waals surface area (Å²) in [5.74, 6) is 0. The van der Waals surface area contributed by atoms with Gasteiger partial charge in [0.25, 0.3) is 0 Å². The lowest BCUT2D eigenvalue weighted by atomic mass is 10.0. The molecule has 3 heteroatoms. The lowest BCUT2D eigenvalue weighted by Crippen LogP contribution is -1.96. The molecule has 0 saturated heterocycles. The highest BCUT2D eigenvalue weighted by atomic mass is 32.1. The van der Waals surface area contributed by atoms with Gasteiger partial charge in [-0.1, -0.05) is 109 Å². The van der Waals surface area contributed by atoms with Crippen LogP contribution in [-0.2, 0) is 0 Å². The van der Waals surface area contributed by atoms with Crippen molar-refractivity contribution in [2.75, 3.05) is 0 Å². The third kappa shape index (κ3) is 3.50. The molecular formula is C42H26N2S. The van der Waals surface area contributed by atoms with Gasteiger partial charge in [-0.05, 0) is 54.1 Å². The monoisotopic (exact) mass is 590 g/mol. The fourth-order valence-electron chi connectivity index (χ4n) is 7.40. The largest absolute Gasteiger partial charge is 0.309 e. The van der Waals surface area contributed by atoms with Crippen molar-refractivity contribution < 1.29 is 0 Å². The van der Waals surface area contributed by atoms with E-state index in [0.717, 1.165) is 0 Å². The number of aromatic nitrogens is 2. The van der Waals surface area contributed by atoms with Crippen molar-refractivity contribution >= 4 is 75.1 Å². The van der Waals surface area contributed by atoms with Gasteiger partial charge in [0, 0.05) is 53.0 Å². The fraction of sp³-hybridized carbons (Fsp3) is 0. The van der Waals surface area contributed by atoms with Crippen LogP contribution in [0.2, 0.25) is 0 Å². The van der Waals surface area contributed by atoms with Crippen LogP contribution in [0.15, 0.2) is 158 Å². The van der Waals surface area contributed by atoms with Gasteiger partial charge in [-0.2, -0.15) is 0 Å². The van der Waals surface area contributed by atoms with E-state index >= 15 is 0 Å². The summed E-state index contributed by atoms with van der Waals surface area (Å²) in [5, 5.41) is 7.80. The summed E-state index contributed by atoms with van der Waals surface area (Å²) in [6.45, 7) is 0. The van der Waals surface area contributed by atoms with Gasteiger partial charge < -0.3 is 9.13 Å². The molecule has 3 heterocycles. The summed E-state index contributed by atoms with van der Waals surface area (Å²) >= 11 is 1.91. The van der Waals surface area contributed by atoms with Crippen molar-refractivity contribution in [2.45, 2.75) is 0 Å². The zero-order chi connectivity index (χ0) is 29.5. The maximum atomic E-state index is 2.46. The van der Waals surface area contributed by atoms with Gasteiger partial charge in [0.1, 0.15) is 0 Å². The van der Waals surface area contributed by atoms with Gasteiger partial charge in [-0.3, -0.25) is 0 Å². The van der Waals surface area contributed by atoms with Crippen LogP contribution in [0.1, 0.15) is 0 Å². The van der Waals surface area contributed by atoms with Crippen LogP contribution in [-0.4, -0.2) is 9.13 Å². The average molecular weight is 591 g/mol. The summed E-state index contributed by atoms with van der Waals surface area (Å²) in [5.41, 5.74) is 9.78. The van der Waals surface area contributed by atoms with Gasteiger partial charge in [0.15, 0.2) is 0 Å². The molecule has 3 aromatic heterocycles. The molecule has 10 rings (SSSR count). The lowest BCUT2D eigenvalue weighted by Gasteiger charge is -2.14. The molecule has 10 aromatic rings. The van der Waals surface area contributed by atoms with E-state index in [1.54, 1.807) is 0 Å². The minimum atomic E-state index is 1.19. The molecule has 0 radical (unpaired) electrons. The van der Waals surface area contributed by atoms with Crippen molar-refractivity contribution in [3.05, 3.63) is 158 Å². The van der Waals surface area contributed by atoms with Crippen molar-refractivity contribution in [2.24, 2.45) is 0 Å². The number of benzene rings is 7. The highest BCUT2D eigenvalue weighted by Crippen LogP contribution is 2.45. The van der Waals surface area contributed by atoms with Crippen LogP contribution < -0.4 is 0 Å². The molecule has 0 aliphatic heterocycles. The molecule has 7 aromatic carbocycles. The second-order valence-corrected chi connectivity index (χ2v) is 12.8. The van der Waals surface area contributed by atoms with Gasteiger partial charge in [-0.25, -0.2) is 0 Å². The number of hydrogen-bond donors (Lipinski definition) is 0. The molecule has 0 unspecified atom stereocenters. The Morgan fingerprint density at radius 2 is 1.02 bits per heavy atom. The molecular weight excluding hydrogens is 565 g/mol. The van der Waals surface area contributed by atoms with Crippen LogP contribution >= 0.6 is 11.3 Å². The maximum absolute atomic E-state index is 2.46. The topological polar surface area (TPSA) is 9.86 Å². The first-order valence-corrected chi connectivity index (χ1v) is 16.2. The van der Waals surface area contributed by atoms with Crippen molar-refractivity contribution in [1.29, 1.82) is 0 Å². The summed E-state index contributed by atoms with van der Waals surface area (Å²) in [6, 6.07) is 57.5. The second kappa shape index (κ2) is 9.43. The number of fused-ring (bicyclic) bond motifs is 10. The van der Waals surface area contributed by atoms with Crippen molar-refractivity contribution in [3.8, 4) is 22.5 Å². The average Bonchev–Trinajstić information content (AvgIpc) is 3.76. The molecule has 0 aliphatic carbocycles. The highest BCUT2D eigenvalue weighted by Gasteiger charge is 2.20. The summed E-state index contributed by atoms with van der Waals surface area (Å²) < 4.78 is 7.52. The molecule has 0 N–H and O–H groups in total. The molecule has 0 bridgehead atoms. The molecule has 0 aliphatic rings. The Morgan fingerprint density at radius 3 is 1.78 bits per heavy atom. The predicted octanol–water partition coefficient (Wildman–Crippen LogP) is 11.9. The molecule has 2 nitrogen and oxygen atoms in total. The quantitative estimate of drug-likeness (QED) is 0.194. The number of para-hydroxylation sites is 4. The number of rotatable bonds is 3. The maximum Gasteiger partial charge on any atom is 0.0556 e. The number of nitrogens with zero attached hydrogens (tertiary/aromatic N) is 2. The Labute approximate surface area is 263 Å². The Bertz CT molecular complexity index is 2710. The van der Waals surface area contributed by atoms with E-state index in [0.29, 0.717) is 0 Å². The Balaban J connectivity index is 1.26. The lowest BCUT2D eigenvalue weighted by molar-refractivity contribution is 1.18. The molecule has 0 saturated carbocycles. The first-order valence-electron chi connectivity index (χ1n) is 15.4. The molecule has 0 atom stereocenters. The van der Waals surface area contributed by atoms with E-state index in [1.165, 1.54) is 86.3 Å². The zero-order valence-corrected chi connectivity index (χ0v) is 25.1. The molecule has 0 fully saturated rings. The molecule has 45 heavy (non-hydrogen) atoms. The van der Waals surface area contributed by atoms with Crippen LogP contribution in [0.25, 0.3) is 86.3 Å². The van der Waals surface area contributed by atoms with Crippen LogP contribution in [0, 0.1) is 0 Å². The first kappa shape index (κ1) is 24.8. The van der Waals surface area contributed by atoms with Gasteiger partial charge in [0.05, 0.1) is 27.8 Å². The van der Waals surface area contributed by atoms with E-state index in [4.69, 9.17) is 0 Å². The summed E-state index contributed by atoms with van der Waals surface area (Å²) in [4.78, 5) is 0. The van der Waals surface area contributed by atoms with E-state index in [9.17, 15) is 0 Å². The first-order chi connectivity index (χ1) is 22.3. The molecule has 0 spiro atoms. The third-order valence-corrected chi connectivity index (χ3v) is 10.5. The molecule has 210 valence electrons. The fourth-order valence-corrected chi connectivity index (χ4v) is 8.64. The van der Waals surface area contributed by atoms with Crippen molar-refractivity contribution in [1.82, 2.24) is 9.13 Å². The summed E-state index contributed by atoms with van der Waals surface area (Å²) in [6.07, 6.45) is 0. The minimum absolute atomic E-state index is 1.19. The SMILES string of the molecule is c1ccc(-c2ccccc2-n2c3ccccc3c3c4sc5ccc(-n6c7ccccc7c7ccccc76)cc5c4ccc32)cc1. The van der Waals surface area contributed by atoms with E-state index in [1.807, 2.05) is 11.3 Å². The second-order valence-electron chi connectivity index (χ2n) is 11.7. The highest BCUT2D eigenvalue weighted by molar-refractivity contribution is 7.26. The van der Waals surface area contributed by atoms with E-state index in [2.05, 4.69) is 167 Å². The Kier molecular flexibility index (Phi) is 5.19. The third-order valence-electron chi connectivity index (χ3n) is 9.32. The minimum Gasteiger partial charge on any atom is -0.309 e. The predicted molar refractivity (Wildman–Crippen MR) is 193 cm³/mol. The van der Waals surface area contributed by atoms with E-state index < -0.39 is 0 Å². The standard InChI is InChI=1S/C42H26N2S/c1-2-12-27(13-3-1)29-14-4-8-18-35(29)44-38-21-11-7-17-33(38)41-39(44)24-23-32-34-26-28(22-25-40(34)45-42(32)41)43-36-19-9-5-15-30(36)31-16-6-10-20-37(31)43/h1-26H. The molecule has 0 amide bonds. The van der Waals surface area contributed by atoms with Gasteiger partial charge >= 0.3 is 0 Å². The summed E-state index contributed by atoms with van der Waals surface area (Å²) in [7, 11) is 0. The number of hydrogen-bond acceptors (Lipinski definition) is 1. The van der Waals surface area contributed by atoms with Crippen LogP contribution in [0.3, 0.4) is 0 Å². The van der Waals surface area contributed by atoms with E-state index in [-0.39, 0.29) is 0 Å². The number of thiophene rings is 1. The van der Waals surface area contributed by atoms with Crippen LogP contribution in [0.4, 0.5) is 0 Å². The Hall–Kier alpha value is -5.64. The Morgan fingerprint density at radius 1 is 0.400 bits per heavy atom.